The molecule has 0 atom stereocenters. The summed E-state index contributed by atoms with van der Waals surface area (Å²) in [5, 5.41) is -0.230. The van der Waals surface area contributed by atoms with Crippen LogP contribution in [-0.4, -0.2) is 19.2 Å². The van der Waals surface area contributed by atoms with Gasteiger partial charge in [0.15, 0.2) is 4.67 Å². The molecule has 0 saturated carbocycles. The van der Waals surface area contributed by atoms with Crippen LogP contribution in [0.1, 0.15) is 6.92 Å². The number of sulfone groups is 1. The zero-order valence-corrected chi connectivity index (χ0v) is 8.15. The van der Waals surface area contributed by atoms with Gasteiger partial charge >= 0.3 is 5.22 Å². The molecule has 0 N–H and O–H groups in total. The van der Waals surface area contributed by atoms with Gasteiger partial charge in [-0.15, -0.1) is 0 Å². The van der Waals surface area contributed by atoms with Gasteiger partial charge in [-0.2, -0.15) is 0 Å². The van der Waals surface area contributed by atoms with Crippen LogP contribution < -0.4 is 0 Å². The molecule has 6 heteroatoms. The molecule has 0 unspecified atom stereocenters. The fourth-order valence-corrected chi connectivity index (χ4v) is 1.55. The summed E-state index contributed by atoms with van der Waals surface area (Å²) in [5.41, 5.74) is 0. The van der Waals surface area contributed by atoms with Crippen molar-refractivity contribution >= 4 is 25.8 Å². The molecule has 0 bridgehead atoms. The standard InChI is InChI=1S/C5H6BrNO3S/c1-2-11(8,9)5-7-3-4(6)10-5/h3H,2H2,1H3. The third-order valence-electron chi connectivity index (χ3n) is 1.10. The molecule has 1 aromatic rings. The first-order valence-electron chi connectivity index (χ1n) is 2.90. The third-order valence-corrected chi connectivity index (χ3v) is 2.95. The van der Waals surface area contributed by atoms with Crippen molar-refractivity contribution in [3.8, 4) is 0 Å². The summed E-state index contributed by atoms with van der Waals surface area (Å²) in [5.74, 6) is -0.0000463. The van der Waals surface area contributed by atoms with E-state index in [2.05, 4.69) is 20.9 Å². The fourth-order valence-electron chi connectivity index (χ4n) is 0.507. The Morgan fingerprint density at radius 1 is 1.73 bits per heavy atom. The topological polar surface area (TPSA) is 60.2 Å². The van der Waals surface area contributed by atoms with Crippen molar-refractivity contribution in [1.29, 1.82) is 0 Å². The van der Waals surface area contributed by atoms with Crippen molar-refractivity contribution < 1.29 is 12.8 Å². The van der Waals surface area contributed by atoms with Crippen LogP contribution in [0.15, 0.2) is 20.5 Å². The predicted octanol–water partition coefficient (Wildman–Crippen LogP) is 1.23. The Morgan fingerprint density at radius 2 is 2.36 bits per heavy atom. The van der Waals surface area contributed by atoms with E-state index >= 15 is 0 Å². The van der Waals surface area contributed by atoms with E-state index in [9.17, 15) is 8.42 Å². The first kappa shape index (κ1) is 8.73. The molecule has 0 fully saturated rings. The van der Waals surface area contributed by atoms with E-state index in [4.69, 9.17) is 4.42 Å². The van der Waals surface area contributed by atoms with Crippen molar-refractivity contribution in [3.63, 3.8) is 0 Å². The van der Waals surface area contributed by atoms with Gasteiger partial charge in [-0.3, -0.25) is 0 Å². The normalized spacial score (nSPS) is 11.8. The molecular formula is C5H6BrNO3S. The monoisotopic (exact) mass is 239 g/mol. The van der Waals surface area contributed by atoms with E-state index in [0.717, 1.165) is 0 Å². The number of halogens is 1. The molecule has 4 nitrogen and oxygen atoms in total. The molecule has 0 aliphatic rings. The highest BCUT2D eigenvalue weighted by atomic mass is 79.9. The van der Waals surface area contributed by atoms with Gasteiger partial charge in [-0.05, 0) is 15.9 Å². The molecule has 0 radical (unpaired) electrons. The maximum Gasteiger partial charge on any atom is 0.315 e. The number of rotatable bonds is 2. The average molecular weight is 240 g/mol. The van der Waals surface area contributed by atoms with Crippen molar-refractivity contribution in [3.05, 3.63) is 10.9 Å². The lowest BCUT2D eigenvalue weighted by molar-refractivity contribution is 0.414. The molecule has 0 aliphatic heterocycles. The number of nitrogens with zero attached hydrogens (tertiary/aromatic N) is 1. The lowest BCUT2D eigenvalue weighted by atomic mass is 11.0. The molecule has 62 valence electrons. The lowest BCUT2D eigenvalue weighted by Gasteiger charge is -1.90. The molecule has 1 rings (SSSR count). The van der Waals surface area contributed by atoms with Gasteiger partial charge in [0.2, 0.25) is 9.84 Å². The molecule has 11 heavy (non-hydrogen) atoms. The van der Waals surface area contributed by atoms with E-state index in [1.165, 1.54) is 13.1 Å². The molecule has 0 aromatic carbocycles. The van der Waals surface area contributed by atoms with Crippen LogP contribution in [0.25, 0.3) is 0 Å². The van der Waals surface area contributed by atoms with Gasteiger partial charge < -0.3 is 4.42 Å². The molecule has 1 heterocycles. The first-order valence-corrected chi connectivity index (χ1v) is 5.35. The van der Waals surface area contributed by atoms with Crippen LogP contribution >= 0.6 is 15.9 Å². The minimum Gasteiger partial charge on any atom is -0.421 e. The Morgan fingerprint density at radius 3 is 2.73 bits per heavy atom. The van der Waals surface area contributed by atoms with Gasteiger partial charge in [0.1, 0.15) is 0 Å². The molecular weight excluding hydrogens is 234 g/mol. The van der Waals surface area contributed by atoms with Crippen molar-refractivity contribution in [1.82, 2.24) is 4.98 Å². The van der Waals surface area contributed by atoms with Gasteiger partial charge in [-0.1, -0.05) is 6.92 Å². The summed E-state index contributed by atoms with van der Waals surface area (Å²) < 4.78 is 27.2. The van der Waals surface area contributed by atoms with Crippen molar-refractivity contribution in [2.45, 2.75) is 12.1 Å². The highest BCUT2D eigenvalue weighted by Gasteiger charge is 2.17. The largest absolute Gasteiger partial charge is 0.421 e. The zero-order valence-electron chi connectivity index (χ0n) is 5.74. The minimum atomic E-state index is -3.29. The van der Waals surface area contributed by atoms with E-state index in [0.29, 0.717) is 4.67 Å². The van der Waals surface area contributed by atoms with E-state index in [1.54, 1.807) is 0 Å². The van der Waals surface area contributed by atoms with Crippen LogP contribution in [0.3, 0.4) is 0 Å². The fraction of sp³-hybridized carbons (Fsp3) is 0.400. The Bertz CT molecular complexity index is 342. The second-order valence-corrected chi connectivity index (χ2v) is 4.77. The number of oxazole rings is 1. The molecule has 1 aromatic heterocycles. The highest BCUT2D eigenvalue weighted by Crippen LogP contribution is 2.15. The number of aromatic nitrogens is 1. The number of hydrogen-bond acceptors (Lipinski definition) is 4. The molecule has 0 spiro atoms. The Kier molecular flexibility index (Phi) is 2.34. The van der Waals surface area contributed by atoms with Gasteiger partial charge in [-0.25, -0.2) is 13.4 Å². The zero-order chi connectivity index (χ0) is 8.48. The van der Waals surface area contributed by atoms with E-state index < -0.39 is 9.84 Å². The van der Waals surface area contributed by atoms with Crippen molar-refractivity contribution in [2.75, 3.05) is 5.75 Å². The van der Waals surface area contributed by atoms with Gasteiger partial charge in [0, 0.05) is 0 Å². The van der Waals surface area contributed by atoms with E-state index in [-0.39, 0.29) is 11.0 Å². The van der Waals surface area contributed by atoms with Crippen LogP contribution in [0.4, 0.5) is 0 Å². The summed E-state index contributed by atoms with van der Waals surface area (Å²) in [6.07, 6.45) is 1.31. The second-order valence-electron chi connectivity index (χ2n) is 1.83. The molecule has 0 amide bonds. The van der Waals surface area contributed by atoms with Crippen LogP contribution in [-0.2, 0) is 9.84 Å². The maximum atomic E-state index is 11.0. The van der Waals surface area contributed by atoms with Crippen molar-refractivity contribution in [2.24, 2.45) is 0 Å². The van der Waals surface area contributed by atoms with Crippen LogP contribution in [0.5, 0.6) is 0 Å². The Balaban J connectivity index is 3.13. The first-order chi connectivity index (χ1) is 5.06. The molecule has 0 saturated heterocycles. The maximum absolute atomic E-state index is 11.0. The Labute approximate surface area is 72.7 Å². The predicted molar refractivity (Wildman–Crippen MR) is 41.9 cm³/mol. The Hall–Kier alpha value is -0.360. The summed E-state index contributed by atoms with van der Waals surface area (Å²) in [6, 6.07) is 0. The van der Waals surface area contributed by atoms with E-state index in [1.807, 2.05) is 0 Å². The SMILES string of the molecule is CCS(=O)(=O)c1ncc(Br)o1. The summed E-state index contributed by atoms with van der Waals surface area (Å²) >= 11 is 2.96. The quantitative estimate of drug-likeness (QED) is 0.779. The highest BCUT2D eigenvalue weighted by molar-refractivity contribution is 9.10. The van der Waals surface area contributed by atoms with Gasteiger partial charge in [0.25, 0.3) is 0 Å². The molecule has 0 aliphatic carbocycles. The second kappa shape index (κ2) is 2.94. The smallest absolute Gasteiger partial charge is 0.315 e. The summed E-state index contributed by atoms with van der Waals surface area (Å²) in [4.78, 5) is 3.56. The lowest BCUT2D eigenvalue weighted by Crippen LogP contribution is -2.03. The van der Waals surface area contributed by atoms with Crippen LogP contribution in [0, 0.1) is 0 Å². The summed E-state index contributed by atoms with van der Waals surface area (Å²) in [7, 11) is -3.29. The van der Waals surface area contributed by atoms with Crippen LogP contribution in [0.2, 0.25) is 0 Å². The third kappa shape index (κ3) is 1.81. The minimum absolute atomic E-state index is 0.0000463. The number of hydrogen-bond donors (Lipinski definition) is 0. The van der Waals surface area contributed by atoms with Gasteiger partial charge in [0.05, 0.1) is 11.9 Å². The summed E-state index contributed by atoms with van der Waals surface area (Å²) in [6.45, 7) is 1.54. The average Bonchev–Trinajstić information content (AvgIpc) is 2.36.